The molecule has 2 rings (SSSR count). The lowest BCUT2D eigenvalue weighted by molar-refractivity contribution is 0.281. The quantitative estimate of drug-likeness (QED) is 0.891. The molecule has 2 nitrogen and oxygen atoms in total. The highest BCUT2D eigenvalue weighted by molar-refractivity contribution is 5.36. The van der Waals surface area contributed by atoms with Crippen molar-refractivity contribution in [2.45, 2.75) is 26.4 Å². The summed E-state index contributed by atoms with van der Waals surface area (Å²) in [5, 5.41) is 8.93. The minimum atomic E-state index is -0.471. The Balaban J connectivity index is 2.23. The first-order valence-corrected chi connectivity index (χ1v) is 6.27. The van der Waals surface area contributed by atoms with Gasteiger partial charge in [-0.05, 0) is 41.3 Å². The van der Waals surface area contributed by atoms with Crippen molar-refractivity contribution < 1.29 is 14.2 Å². The van der Waals surface area contributed by atoms with Crippen molar-refractivity contribution >= 4 is 0 Å². The molecule has 0 aliphatic rings. The zero-order valence-electron chi connectivity index (χ0n) is 11.1. The molecular formula is C16H17FO2. The minimum Gasteiger partial charge on any atom is -0.454 e. The normalized spacial score (nSPS) is 10.8. The topological polar surface area (TPSA) is 29.5 Å². The standard InChI is InChI=1S/C16H17FO2/c1-11(2)13-4-3-5-14(9-13)19-16-7-6-12(10-18)8-15(16)17/h3-9,11,18H,10H2,1-2H3. The molecule has 0 saturated heterocycles. The molecule has 0 radical (unpaired) electrons. The Kier molecular flexibility index (Phi) is 4.17. The molecule has 0 fully saturated rings. The minimum absolute atomic E-state index is 0.165. The van der Waals surface area contributed by atoms with Crippen LogP contribution in [0.25, 0.3) is 0 Å². The number of halogens is 1. The van der Waals surface area contributed by atoms with E-state index in [1.807, 2.05) is 18.2 Å². The Morgan fingerprint density at radius 2 is 1.95 bits per heavy atom. The van der Waals surface area contributed by atoms with Crippen LogP contribution in [-0.4, -0.2) is 5.11 Å². The van der Waals surface area contributed by atoms with Crippen molar-refractivity contribution in [2.75, 3.05) is 0 Å². The van der Waals surface area contributed by atoms with E-state index in [1.165, 1.54) is 12.1 Å². The highest BCUT2D eigenvalue weighted by Gasteiger charge is 2.07. The molecule has 0 amide bonds. The van der Waals surface area contributed by atoms with Gasteiger partial charge < -0.3 is 9.84 Å². The number of ether oxygens (including phenoxy) is 1. The molecule has 0 saturated carbocycles. The zero-order valence-corrected chi connectivity index (χ0v) is 11.1. The van der Waals surface area contributed by atoms with Gasteiger partial charge in [0.1, 0.15) is 5.75 Å². The van der Waals surface area contributed by atoms with E-state index in [9.17, 15) is 4.39 Å². The molecule has 0 aliphatic carbocycles. The molecule has 0 aromatic heterocycles. The number of benzene rings is 2. The van der Waals surface area contributed by atoms with Crippen molar-refractivity contribution in [3.05, 3.63) is 59.4 Å². The third-order valence-electron chi connectivity index (χ3n) is 2.93. The van der Waals surface area contributed by atoms with Crippen LogP contribution in [0, 0.1) is 5.82 Å². The molecule has 19 heavy (non-hydrogen) atoms. The average Bonchev–Trinajstić information content (AvgIpc) is 2.41. The fourth-order valence-electron chi connectivity index (χ4n) is 1.79. The fraction of sp³-hybridized carbons (Fsp3) is 0.250. The number of aliphatic hydroxyl groups excluding tert-OH is 1. The Labute approximate surface area is 112 Å². The summed E-state index contributed by atoms with van der Waals surface area (Å²) in [6.07, 6.45) is 0. The van der Waals surface area contributed by atoms with Crippen LogP contribution < -0.4 is 4.74 Å². The third kappa shape index (κ3) is 3.32. The SMILES string of the molecule is CC(C)c1cccc(Oc2ccc(CO)cc2F)c1. The summed E-state index contributed by atoms with van der Waals surface area (Å²) in [7, 11) is 0. The zero-order chi connectivity index (χ0) is 13.8. The van der Waals surface area contributed by atoms with Crippen molar-refractivity contribution in [2.24, 2.45) is 0 Å². The lowest BCUT2D eigenvalue weighted by Gasteiger charge is -2.10. The molecule has 0 atom stereocenters. The van der Waals surface area contributed by atoms with Crippen LogP contribution in [0.15, 0.2) is 42.5 Å². The van der Waals surface area contributed by atoms with Gasteiger partial charge in [-0.2, -0.15) is 0 Å². The monoisotopic (exact) mass is 260 g/mol. The molecular weight excluding hydrogens is 243 g/mol. The molecule has 1 N–H and O–H groups in total. The predicted molar refractivity (Wildman–Crippen MR) is 72.9 cm³/mol. The molecule has 0 spiro atoms. The van der Waals surface area contributed by atoms with Gasteiger partial charge in [0.25, 0.3) is 0 Å². The molecule has 2 aromatic carbocycles. The van der Waals surface area contributed by atoms with E-state index in [-0.39, 0.29) is 12.4 Å². The number of rotatable bonds is 4. The fourth-order valence-corrected chi connectivity index (χ4v) is 1.79. The van der Waals surface area contributed by atoms with Crippen LogP contribution in [-0.2, 0) is 6.61 Å². The summed E-state index contributed by atoms with van der Waals surface area (Å²) in [6.45, 7) is 4.01. The first-order chi connectivity index (χ1) is 9.10. The van der Waals surface area contributed by atoms with E-state index in [0.29, 0.717) is 17.2 Å². The maximum atomic E-state index is 13.7. The van der Waals surface area contributed by atoms with Gasteiger partial charge in [-0.3, -0.25) is 0 Å². The smallest absolute Gasteiger partial charge is 0.166 e. The largest absolute Gasteiger partial charge is 0.454 e. The second kappa shape index (κ2) is 5.85. The lowest BCUT2D eigenvalue weighted by Crippen LogP contribution is -1.93. The van der Waals surface area contributed by atoms with Crippen LogP contribution >= 0.6 is 0 Å². The van der Waals surface area contributed by atoms with Gasteiger partial charge in [-0.25, -0.2) is 4.39 Å². The first-order valence-electron chi connectivity index (χ1n) is 6.27. The second-order valence-corrected chi connectivity index (χ2v) is 4.75. The average molecular weight is 260 g/mol. The van der Waals surface area contributed by atoms with Crippen molar-refractivity contribution in [1.29, 1.82) is 0 Å². The van der Waals surface area contributed by atoms with Crippen LogP contribution in [0.5, 0.6) is 11.5 Å². The number of aliphatic hydroxyl groups is 1. The van der Waals surface area contributed by atoms with Crippen molar-refractivity contribution in [3.63, 3.8) is 0 Å². The summed E-state index contributed by atoms with van der Waals surface area (Å²) < 4.78 is 19.3. The van der Waals surface area contributed by atoms with Gasteiger partial charge in [-0.1, -0.05) is 32.0 Å². The maximum Gasteiger partial charge on any atom is 0.166 e. The van der Waals surface area contributed by atoms with E-state index < -0.39 is 5.82 Å². The van der Waals surface area contributed by atoms with E-state index in [2.05, 4.69) is 13.8 Å². The van der Waals surface area contributed by atoms with Gasteiger partial charge in [0.15, 0.2) is 11.6 Å². The van der Waals surface area contributed by atoms with Crippen LogP contribution in [0.1, 0.15) is 30.9 Å². The summed E-state index contributed by atoms with van der Waals surface area (Å²) in [4.78, 5) is 0. The van der Waals surface area contributed by atoms with Crippen LogP contribution in [0.2, 0.25) is 0 Å². The summed E-state index contributed by atoms with van der Waals surface area (Å²) in [6, 6.07) is 12.1. The molecule has 3 heteroatoms. The predicted octanol–water partition coefficient (Wildman–Crippen LogP) is 4.23. The number of hydrogen-bond donors (Lipinski definition) is 1. The lowest BCUT2D eigenvalue weighted by atomic mass is 10.0. The van der Waals surface area contributed by atoms with E-state index in [1.54, 1.807) is 12.1 Å². The summed E-state index contributed by atoms with van der Waals surface area (Å²) in [5.74, 6) is 0.701. The Hall–Kier alpha value is -1.87. The van der Waals surface area contributed by atoms with E-state index in [0.717, 1.165) is 5.56 Å². The summed E-state index contributed by atoms with van der Waals surface area (Å²) in [5.41, 5.74) is 1.67. The molecule has 0 heterocycles. The third-order valence-corrected chi connectivity index (χ3v) is 2.93. The van der Waals surface area contributed by atoms with Gasteiger partial charge in [0, 0.05) is 0 Å². The van der Waals surface area contributed by atoms with Crippen molar-refractivity contribution in [3.8, 4) is 11.5 Å². The molecule has 2 aromatic rings. The summed E-state index contributed by atoms with van der Waals surface area (Å²) >= 11 is 0. The highest BCUT2D eigenvalue weighted by atomic mass is 19.1. The van der Waals surface area contributed by atoms with Gasteiger partial charge in [0.2, 0.25) is 0 Å². The Morgan fingerprint density at radius 1 is 1.16 bits per heavy atom. The van der Waals surface area contributed by atoms with Crippen molar-refractivity contribution in [1.82, 2.24) is 0 Å². The second-order valence-electron chi connectivity index (χ2n) is 4.75. The maximum absolute atomic E-state index is 13.7. The van der Waals surface area contributed by atoms with Gasteiger partial charge >= 0.3 is 0 Å². The van der Waals surface area contributed by atoms with Crippen LogP contribution in [0.4, 0.5) is 4.39 Å². The molecule has 0 aliphatic heterocycles. The van der Waals surface area contributed by atoms with E-state index in [4.69, 9.17) is 9.84 Å². The first kappa shape index (κ1) is 13.6. The highest BCUT2D eigenvalue weighted by Crippen LogP contribution is 2.27. The molecule has 100 valence electrons. The molecule has 0 bridgehead atoms. The Bertz CT molecular complexity index is 564. The van der Waals surface area contributed by atoms with Crippen LogP contribution in [0.3, 0.4) is 0 Å². The Morgan fingerprint density at radius 3 is 2.58 bits per heavy atom. The van der Waals surface area contributed by atoms with E-state index >= 15 is 0 Å². The van der Waals surface area contributed by atoms with Gasteiger partial charge in [-0.15, -0.1) is 0 Å². The number of hydrogen-bond acceptors (Lipinski definition) is 2. The molecule has 0 unspecified atom stereocenters. The van der Waals surface area contributed by atoms with Gasteiger partial charge in [0.05, 0.1) is 6.61 Å².